The summed E-state index contributed by atoms with van der Waals surface area (Å²) >= 11 is 5.79. The first kappa shape index (κ1) is 18.3. The van der Waals surface area contributed by atoms with Gasteiger partial charge in [0.25, 0.3) is 5.91 Å². The third-order valence-corrected chi connectivity index (χ3v) is 3.33. The summed E-state index contributed by atoms with van der Waals surface area (Å²) in [6.07, 6.45) is 2.29. The summed E-state index contributed by atoms with van der Waals surface area (Å²) in [5.41, 5.74) is 0. The van der Waals surface area contributed by atoms with Crippen LogP contribution in [-0.2, 0) is 14.3 Å². The van der Waals surface area contributed by atoms with Crippen molar-refractivity contribution in [2.24, 2.45) is 0 Å². The van der Waals surface area contributed by atoms with Crippen LogP contribution in [0.2, 0.25) is 5.02 Å². The second-order valence-corrected chi connectivity index (χ2v) is 5.33. The number of hydrogen-bond donors (Lipinski definition) is 1. The number of nitrogens with one attached hydrogen (secondary N) is 1. The first-order valence-corrected chi connectivity index (χ1v) is 7.67. The Morgan fingerprint density at radius 3 is 2.50 bits per heavy atom. The van der Waals surface area contributed by atoms with Crippen LogP contribution >= 0.6 is 11.6 Å². The number of hydrogen-bond acceptors (Lipinski definition) is 4. The molecule has 1 N–H and O–H groups in total. The van der Waals surface area contributed by atoms with Gasteiger partial charge in [-0.3, -0.25) is 9.59 Å². The molecule has 0 aliphatic carbocycles. The zero-order valence-electron chi connectivity index (χ0n) is 12.9. The number of ether oxygens (including phenoxy) is 2. The summed E-state index contributed by atoms with van der Waals surface area (Å²) in [5, 5.41) is 3.43. The van der Waals surface area contributed by atoms with E-state index < -0.39 is 6.10 Å². The molecule has 1 atom stereocenters. The fourth-order valence-electron chi connectivity index (χ4n) is 1.80. The molecule has 0 radical (unpaired) electrons. The molecular weight excluding hydrogens is 306 g/mol. The average Bonchev–Trinajstić information content (AvgIpc) is 2.52. The maximum atomic E-state index is 11.9. The minimum Gasteiger partial charge on any atom is -0.481 e. The molecule has 0 aromatic heterocycles. The summed E-state index contributed by atoms with van der Waals surface area (Å²) < 4.78 is 10.1. The second-order valence-electron chi connectivity index (χ2n) is 4.89. The topological polar surface area (TPSA) is 64.6 Å². The Kier molecular flexibility index (Phi) is 8.36. The smallest absolute Gasteiger partial charge is 0.305 e. The van der Waals surface area contributed by atoms with Crippen molar-refractivity contribution in [3.05, 3.63) is 29.3 Å². The van der Waals surface area contributed by atoms with Gasteiger partial charge in [-0.1, -0.05) is 18.0 Å². The van der Waals surface area contributed by atoms with Crippen molar-refractivity contribution in [2.45, 2.75) is 38.7 Å². The normalized spacial score (nSPS) is 11.6. The molecule has 0 fully saturated rings. The molecule has 5 nitrogen and oxygen atoms in total. The fourth-order valence-corrected chi connectivity index (χ4v) is 1.93. The van der Waals surface area contributed by atoms with Crippen LogP contribution in [0.1, 0.15) is 32.6 Å². The number of esters is 1. The molecule has 0 aliphatic heterocycles. The van der Waals surface area contributed by atoms with Gasteiger partial charge in [0.15, 0.2) is 6.10 Å². The molecule has 6 heteroatoms. The Balaban J connectivity index is 2.16. The van der Waals surface area contributed by atoms with Crippen molar-refractivity contribution in [1.29, 1.82) is 0 Å². The quantitative estimate of drug-likeness (QED) is 0.559. The van der Waals surface area contributed by atoms with Crippen molar-refractivity contribution in [3.63, 3.8) is 0 Å². The Morgan fingerprint density at radius 2 is 1.86 bits per heavy atom. The Hall–Kier alpha value is -1.75. The molecule has 0 saturated carbocycles. The SMILES string of the molecule is COC(=O)CCCCCNC(=O)C(C)Oc1ccc(Cl)cc1. The molecule has 122 valence electrons. The van der Waals surface area contributed by atoms with E-state index in [0.29, 0.717) is 23.7 Å². The highest BCUT2D eigenvalue weighted by Gasteiger charge is 2.13. The van der Waals surface area contributed by atoms with Crippen LogP contribution in [0.3, 0.4) is 0 Å². The number of carbonyl (C=O) groups is 2. The monoisotopic (exact) mass is 327 g/mol. The summed E-state index contributed by atoms with van der Waals surface area (Å²) in [5.74, 6) is 0.238. The molecule has 22 heavy (non-hydrogen) atoms. The van der Waals surface area contributed by atoms with Gasteiger partial charge in [-0.25, -0.2) is 0 Å². The van der Waals surface area contributed by atoms with Crippen LogP contribution in [0, 0.1) is 0 Å². The van der Waals surface area contributed by atoms with Gasteiger partial charge in [0.2, 0.25) is 0 Å². The highest BCUT2D eigenvalue weighted by atomic mass is 35.5. The maximum absolute atomic E-state index is 11.9. The highest BCUT2D eigenvalue weighted by Crippen LogP contribution is 2.16. The molecular formula is C16H22ClNO4. The van der Waals surface area contributed by atoms with Crippen molar-refractivity contribution >= 4 is 23.5 Å². The van der Waals surface area contributed by atoms with E-state index in [2.05, 4.69) is 10.1 Å². The molecule has 1 aromatic rings. The van der Waals surface area contributed by atoms with Gasteiger partial charge >= 0.3 is 5.97 Å². The third kappa shape index (κ3) is 7.31. The van der Waals surface area contributed by atoms with Crippen LogP contribution in [0.25, 0.3) is 0 Å². The minimum atomic E-state index is -0.573. The van der Waals surface area contributed by atoms with E-state index >= 15 is 0 Å². The van der Waals surface area contributed by atoms with Gasteiger partial charge in [0.05, 0.1) is 7.11 Å². The van der Waals surface area contributed by atoms with Gasteiger partial charge in [0.1, 0.15) is 5.75 Å². The summed E-state index contributed by atoms with van der Waals surface area (Å²) in [6, 6.07) is 6.86. The van der Waals surface area contributed by atoms with Crippen molar-refractivity contribution in [1.82, 2.24) is 5.32 Å². The average molecular weight is 328 g/mol. The van der Waals surface area contributed by atoms with E-state index in [9.17, 15) is 9.59 Å². The molecule has 0 saturated heterocycles. The predicted molar refractivity (Wildman–Crippen MR) is 85.0 cm³/mol. The number of benzene rings is 1. The maximum Gasteiger partial charge on any atom is 0.305 e. The summed E-state index contributed by atoms with van der Waals surface area (Å²) in [4.78, 5) is 22.8. The van der Waals surface area contributed by atoms with Crippen LogP contribution in [0.4, 0.5) is 0 Å². The first-order valence-electron chi connectivity index (χ1n) is 7.29. The van der Waals surface area contributed by atoms with Gasteiger partial charge in [-0.05, 0) is 44.0 Å². The Labute approximate surface area is 135 Å². The lowest BCUT2D eigenvalue weighted by atomic mass is 10.2. The minimum absolute atomic E-state index is 0.164. The zero-order valence-corrected chi connectivity index (χ0v) is 13.7. The lowest BCUT2D eigenvalue weighted by Crippen LogP contribution is -2.36. The van der Waals surface area contributed by atoms with Gasteiger partial charge < -0.3 is 14.8 Å². The molecule has 0 heterocycles. The van der Waals surface area contributed by atoms with E-state index in [1.165, 1.54) is 7.11 Å². The van der Waals surface area contributed by atoms with Gasteiger partial charge in [-0.15, -0.1) is 0 Å². The first-order chi connectivity index (χ1) is 10.5. The highest BCUT2D eigenvalue weighted by molar-refractivity contribution is 6.30. The van der Waals surface area contributed by atoms with Crippen molar-refractivity contribution in [3.8, 4) is 5.75 Å². The number of carbonyl (C=O) groups excluding carboxylic acids is 2. The number of halogens is 1. The lowest BCUT2D eigenvalue weighted by molar-refractivity contribution is -0.140. The Morgan fingerprint density at radius 1 is 1.18 bits per heavy atom. The molecule has 0 spiro atoms. The number of rotatable bonds is 9. The number of methoxy groups -OCH3 is 1. The van der Waals surface area contributed by atoms with Gasteiger partial charge in [0, 0.05) is 18.0 Å². The fraction of sp³-hybridized carbons (Fsp3) is 0.500. The van der Waals surface area contributed by atoms with Crippen molar-refractivity contribution < 1.29 is 19.1 Å². The van der Waals surface area contributed by atoms with Crippen LogP contribution in [-0.4, -0.2) is 31.6 Å². The third-order valence-electron chi connectivity index (χ3n) is 3.08. The van der Waals surface area contributed by atoms with Gasteiger partial charge in [-0.2, -0.15) is 0 Å². The number of unbranched alkanes of at least 4 members (excludes halogenated alkanes) is 2. The van der Waals surface area contributed by atoms with E-state index in [-0.39, 0.29) is 11.9 Å². The molecule has 1 aromatic carbocycles. The predicted octanol–water partition coefficient (Wildman–Crippen LogP) is 2.96. The van der Waals surface area contributed by atoms with Crippen LogP contribution in [0.5, 0.6) is 5.75 Å². The number of amides is 1. The lowest BCUT2D eigenvalue weighted by Gasteiger charge is -2.14. The molecule has 1 amide bonds. The standard InChI is InChI=1S/C16H22ClNO4/c1-12(22-14-9-7-13(17)8-10-14)16(20)18-11-5-3-4-6-15(19)21-2/h7-10,12H,3-6,11H2,1-2H3,(H,18,20). The molecule has 0 aliphatic rings. The van der Waals surface area contributed by atoms with E-state index in [4.69, 9.17) is 16.3 Å². The van der Waals surface area contributed by atoms with Crippen LogP contribution < -0.4 is 10.1 Å². The second kappa shape index (κ2) is 10.1. The van der Waals surface area contributed by atoms with Crippen molar-refractivity contribution in [2.75, 3.05) is 13.7 Å². The molecule has 1 unspecified atom stereocenters. The molecule has 0 bridgehead atoms. The molecule has 1 rings (SSSR count). The summed E-state index contributed by atoms with van der Waals surface area (Å²) in [7, 11) is 1.38. The largest absolute Gasteiger partial charge is 0.481 e. The Bertz CT molecular complexity index is 476. The summed E-state index contributed by atoms with van der Waals surface area (Å²) in [6.45, 7) is 2.26. The zero-order chi connectivity index (χ0) is 16.4. The van der Waals surface area contributed by atoms with E-state index in [0.717, 1.165) is 19.3 Å². The van der Waals surface area contributed by atoms with Crippen LogP contribution in [0.15, 0.2) is 24.3 Å². The van der Waals surface area contributed by atoms with E-state index in [1.54, 1.807) is 31.2 Å². The van der Waals surface area contributed by atoms with E-state index in [1.807, 2.05) is 0 Å².